The molecule has 1 rings (SSSR count). The van der Waals surface area contributed by atoms with E-state index in [1.165, 1.54) is 0 Å². The van der Waals surface area contributed by atoms with Crippen LogP contribution in [0.4, 0.5) is 0 Å². The molecule has 0 aromatic heterocycles. The predicted molar refractivity (Wildman–Crippen MR) is 87.5 cm³/mol. The van der Waals surface area contributed by atoms with Crippen molar-refractivity contribution in [3.8, 4) is 0 Å². The van der Waals surface area contributed by atoms with Gasteiger partial charge in [0.1, 0.15) is 11.6 Å². The smallest absolute Gasteiger partial charge is 0.317 e. The van der Waals surface area contributed by atoms with Gasteiger partial charge < -0.3 is 5.11 Å². The summed E-state index contributed by atoms with van der Waals surface area (Å²) in [5, 5.41) is 9.02. The highest BCUT2D eigenvalue weighted by molar-refractivity contribution is 5.82. The summed E-state index contributed by atoms with van der Waals surface area (Å²) in [4.78, 5) is 40.3. The second kappa shape index (κ2) is 9.75. The van der Waals surface area contributed by atoms with Gasteiger partial charge in [-0.2, -0.15) is 0 Å². The van der Waals surface area contributed by atoms with Gasteiger partial charge in [0.2, 0.25) is 0 Å². The van der Waals surface area contributed by atoms with E-state index in [-0.39, 0.29) is 24.0 Å². The number of carboxylic acids is 1. The first-order valence-electron chi connectivity index (χ1n) is 8.19. The van der Waals surface area contributed by atoms with Crippen molar-refractivity contribution in [1.29, 1.82) is 0 Å². The first-order valence-corrected chi connectivity index (χ1v) is 8.19. The van der Waals surface area contributed by atoms with E-state index in [0.29, 0.717) is 52.4 Å². The van der Waals surface area contributed by atoms with Gasteiger partial charge in [0, 0.05) is 45.2 Å². The average molecular weight is 327 g/mol. The molecule has 0 saturated carbocycles. The van der Waals surface area contributed by atoms with Crippen LogP contribution in [0.2, 0.25) is 0 Å². The summed E-state index contributed by atoms with van der Waals surface area (Å²) in [6.45, 7) is 10.1. The molecule has 0 atom stereocenters. The molecule has 7 nitrogen and oxygen atoms in total. The molecule has 1 saturated heterocycles. The standard InChI is InChI=1S/C16H29N3O4/c1-13(2)15(21)11-18-6-4-17(10-14(3)20)5-8-19(9-7-18)12-16(22)23/h13H,4-12H2,1-3H3,(H,22,23). The molecule has 1 N–H and O–H groups in total. The zero-order valence-corrected chi connectivity index (χ0v) is 14.5. The Morgan fingerprint density at radius 3 is 1.57 bits per heavy atom. The summed E-state index contributed by atoms with van der Waals surface area (Å²) >= 11 is 0. The molecule has 1 aliphatic heterocycles. The van der Waals surface area contributed by atoms with Crippen LogP contribution < -0.4 is 0 Å². The number of carboxylic acid groups (broad SMARTS) is 1. The van der Waals surface area contributed by atoms with E-state index in [1.807, 2.05) is 23.6 Å². The molecule has 7 heteroatoms. The predicted octanol–water partition coefficient (Wildman–Crippen LogP) is -0.195. The number of aliphatic carboxylic acids is 1. The van der Waals surface area contributed by atoms with Crippen LogP contribution in [0.3, 0.4) is 0 Å². The molecule has 1 aliphatic rings. The molecule has 1 fully saturated rings. The van der Waals surface area contributed by atoms with E-state index < -0.39 is 5.97 Å². The Morgan fingerprint density at radius 1 is 0.826 bits per heavy atom. The van der Waals surface area contributed by atoms with Gasteiger partial charge in [0.05, 0.1) is 19.6 Å². The van der Waals surface area contributed by atoms with Gasteiger partial charge in [-0.05, 0) is 6.92 Å². The maximum atomic E-state index is 12.0. The molecule has 0 unspecified atom stereocenters. The maximum absolute atomic E-state index is 12.0. The minimum absolute atomic E-state index is 0.00827. The second-order valence-electron chi connectivity index (χ2n) is 6.55. The van der Waals surface area contributed by atoms with Crippen LogP contribution >= 0.6 is 0 Å². The lowest BCUT2D eigenvalue weighted by Crippen LogP contribution is -2.41. The lowest BCUT2D eigenvalue weighted by Gasteiger charge is -2.25. The Balaban J connectivity index is 2.72. The van der Waals surface area contributed by atoms with E-state index in [9.17, 15) is 14.4 Å². The second-order valence-corrected chi connectivity index (χ2v) is 6.55. The Morgan fingerprint density at radius 2 is 1.22 bits per heavy atom. The van der Waals surface area contributed by atoms with Crippen LogP contribution in [0.25, 0.3) is 0 Å². The SMILES string of the molecule is CC(=O)CN1CCN(CC(=O)O)CCN(CC(=O)C(C)C)CC1. The third kappa shape index (κ3) is 8.20. The van der Waals surface area contributed by atoms with Crippen molar-refractivity contribution in [3.05, 3.63) is 0 Å². The van der Waals surface area contributed by atoms with Gasteiger partial charge in [0.15, 0.2) is 0 Å². The molecular formula is C16H29N3O4. The summed E-state index contributed by atoms with van der Waals surface area (Å²) < 4.78 is 0. The number of rotatable bonds is 7. The molecule has 0 aliphatic carbocycles. The van der Waals surface area contributed by atoms with Crippen molar-refractivity contribution >= 4 is 17.5 Å². The quantitative estimate of drug-likeness (QED) is 0.694. The monoisotopic (exact) mass is 327 g/mol. The fourth-order valence-electron chi connectivity index (χ4n) is 2.57. The third-order valence-corrected chi connectivity index (χ3v) is 4.03. The average Bonchev–Trinajstić information content (AvgIpc) is 2.51. The van der Waals surface area contributed by atoms with Gasteiger partial charge in [-0.1, -0.05) is 13.8 Å². The van der Waals surface area contributed by atoms with E-state index >= 15 is 0 Å². The van der Waals surface area contributed by atoms with Gasteiger partial charge in [-0.3, -0.25) is 29.1 Å². The van der Waals surface area contributed by atoms with Gasteiger partial charge >= 0.3 is 5.97 Å². The number of Topliss-reactive ketones (excluding diaryl/α,β-unsaturated/α-hetero) is 2. The number of ketones is 2. The zero-order chi connectivity index (χ0) is 17.4. The molecule has 23 heavy (non-hydrogen) atoms. The molecule has 0 bridgehead atoms. The minimum atomic E-state index is -0.854. The highest BCUT2D eigenvalue weighted by atomic mass is 16.4. The van der Waals surface area contributed by atoms with Crippen LogP contribution in [0.5, 0.6) is 0 Å². The van der Waals surface area contributed by atoms with Gasteiger partial charge in [0.25, 0.3) is 0 Å². The van der Waals surface area contributed by atoms with Crippen LogP contribution in [0.1, 0.15) is 20.8 Å². The molecule has 132 valence electrons. The minimum Gasteiger partial charge on any atom is -0.480 e. The fourth-order valence-corrected chi connectivity index (χ4v) is 2.57. The highest BCUT2D eigenvalue weighted by Gasteiger charge is 2.20. The van der Waals surface area contributed by atoms with Gasteiger partial charge in [-0.25, -0.2) is 0 Å². The van der Waals surface area contributed by atoms with Crippen molar-refractivity contribution in [3.63, 3.8) is 0 Å². The van der Waals surface area contributed by atoms with Gasteiger partial charge in [-0.15, -0.1) is 0 Å². The topological polar surface area (TPSA) is 81.2 Å². The highest BCUT2D eigenvalue weighted by Crippen LogP contribution is 2.03. The van der Waals surface area contributed by atoms with Crippen LogP contribution in [-0.4, -0.2) is 96.2 Å². The summed E-state index contributed by atoms with van der Waals surface area (Å²) in [6, 6.07) is 0. The number of carbonyl (C=O) groups is 3. The molecule has 0 aromatic carbocycles. The molecule has 0 aromatic rings. The van der Waals surface area contributed by atoms with E-state index in [0.717, 1.165) is 0 Å². The summed E-state index contributed by atoms with van der Waals surface area (Å²) in [5.74, 6) is -0.579. The fraction of sp³-hybridized carbons (Fsp3) is 0.812. The van der Waals surface area contributed by atoms with Crippen LogP contribution in [0, 0.1) is 5.92 Å². The summed E-state index contributed by atoms with van der Waals surface area (Å²) in [5.41, 5.74) is 0. The first kappa shape index (κ1) is 19.7. The summed E-state index contributed by atoms with van der Waals surface area (Å²) in [6.07, 6.45) is 0. The Kier molecular flexibility index (Phi) is 8.36. The van der Waals surface area contributed by atoms with E-state index in [1.54, 1.807) is 6.92 Å². The van der Waals surface area contributed by atoms with E-state index in [2.05, 4.69) is 4.90 Å². The number of hydrogen-bond donors (Lipinski definition) is 1. The molecule has 1 heterocycles. The molecule has 0 spiro atoms. The molecule has 0 amide bonds. The van der Waals surface area contributed by atoms with Crippen molar-refractivity contribution in [2.75, 3.05) is 58.9 Å². The van der Waals surface area contributed by atoms with Crippen LogP contribution in [0.15, 0.2) is 0 Å². The van der Waals surface area contributed by atoms with Crippen molar-refractivity contribution in [2.45, 2.75) is 20.8 Å². The maximum Gasteiger partial charge on any atom is 0.317 e. The Bertz CT molecular complexity index is 398. The number of nitrogens with zero attached hydrogens (tertiary/aromatic N) is 3. The normalized spacial score (nSPS) is 19.1. The first-order chi connectivity index (χ1) is 10.8. The molecular weight excluding hydrogens is 298 g/mol. The van der Waals surface area contributed by atoms with Crippen molar-refractivity contribution < 1.29 is 19.5 Å². The number of carbonyl (C=O) groups excluding carboxylic acids is 2. The third-order valence-electron chi connectivity index (χ3n) is 4.03. The lowest BCUT2D eigenvalue weighted by atomic mass is 10.1. The van der Waals surface area contributed by atoms with Crippen molar-refractivity contribution in [2.24, 2.45) is 5.92 Å². The Hall–Kier alpha value is -1.31. The van der Waals surface area contributed by atoms with Crippen molar-refractivity contribution in [1.82, 2.24) is 14.7 Å². The Labute approximate surface area is 138 Å². The lowest BCUT2D eigenvalue weighted by molar-refractivity contribution is -0.138. The summed E-state index contributed by atoms with van der Waals surface area (Å²) in [7, 11) is 0. The number of hydrogen-bond acceptors (Lipinski definition) is 6. The molecule has 0 radical (unpaired) electrons. The zero-order valence-electron chi connectivity index (χ0n) is 14.5. The van der Waals surface area contributed by atoms with Crippen LogP contribution in [-0.2, 0) is 14.4 Å². The van der Waals surface area contributed by atoms with E-state index in [4.69, 9.17) is 5.11 Å². The largest absolute Gasteiger partial charge is 0.480 e.